The summed E-state index contributed by atoms with van der Waals surface area (Å²) in [4.78, 5) is 24.7. The Morgan fingerprint density at radius 2 is 1.06 bits per heavy atom. The van der Waals surface area contributed by atoms with Crippen molar-refractivity contribution in [2.45, 2.75) is 30.8 Å². The van der Waals surface area contributed by atoms with Crippen molar-refractivity contribution in [1.82, 2.24) is 0 Å². The quantitative estimate of drug-likeness (QED) is 0.140. The largest absolute Gasteiger partial charge is 1.00 e. The fourth-order valence-corrected chi connectivity index (χ4v) is 5.28. The van der Waals surface area contributed by atoms with E-state index in [4.69, 9.17) is 27.8 Å². The maximum Gasteiger partial charge on any atom is 1.00 e. The van der Waals surface area contributed by atoms with Gasteiger partial charge in [0.25, 0.3) is 21.9 Å². The Morgan fingerprint density at radius 3 is 1.45 bits per heavy atom. The smallest absolute Gasteiger partial charge is 0.506 e. The van der Waals surface area contributed by atoms with E-state index in [-0.39, 0.29) is 110 Å². The van der Waals surface area contributed by atoms with E-state index in [1.54, 1.807) is 32.0 Å². The zero-order chi connectivity index (χ0) is 36.2. The van der Waals surface area contributed by atoms with Crippen molar-refractivity contribution >= 4 is 79.3 Å². The fraction of sp³-hybridized carbons (Fsp3) is 0.125. The number of phenolic OH excluding ortho intramolecular Hbond substituents is 2. The molecule has 0 saturated heterocycles. The number of carbonyl (C=O) groups is 2. The number of hydrogen-bond donors (Lipinski definition) is 3. The standard InChI is InChI=1S/C16H13ClN4O5S.C16H13ClN4O2.Cr.2Na/c1-9-15(19-18-13-8-10(17)2-7-14(13)22)16(23)21(20-9)11-3-5-12(6-4-11)27(24,25)26;1-10-15(19-18-13-9-11(17)7-8-14(13)22)16(23)21(20-10)12-5-3-2-4-6-12;;;/h2-8,15,22H,1H3,(H,24,25,26);2-9,15,22H,1H3;;;/q;;;2*+1. The topological polar surface area (TPSA) is 210 Å². The van der Waals surface area contributed by atoms with E-state index in [9.17, 15) is 28.2 Å². The minimum Gasteiger partial charge on any atom is -0.506 e. The molecule has 0 bridgehead atoms. The number of anilines is 2. The van der Waals surface area contributed by atoms with Gasteiger partial charge in [0.1, 0.15) is 22.9 Å². The number of halogens is 2. The molecule has 0 fully saturated rings. The zero-order valence-electron chi connectivity index (χ0n) is 28.4. The van der Waals surface area contributed by atoms with Gasteiger partial charge in [0, 0.05) is 27.4 Å². The molecule has 2 unspecified atom stereocenters. The van der Waals surface area contributed by atoms with E-state index >= 15 is 0 Å². The number of hydrazone groups is 2. The van der Waals surface area contributed by atoms with E-state index in [1.165, 1.54) is 47.5 Å². The number of azo groups is 2. The van der Waals surface area contributed by atoms with E-state index in [0.29, 0.717) is 32.8 Å². The molecule has 2 aliphatic rings. The van der Waals surface area contributed by atoms with E-state index < -0.39 is 28.1 Å². The maximum atomic E-state index is 12.6. The van der Waals surface area contributed by atoms with Gasteiger partial charge in [-0.05, 0) is 86.6 Å². The minimum absolute atomic E-state index is 0. The third kappa shape index (κ3) is 11.5. The summed E-state index contributed by atoms with van der Waals surface area (Å²) in [6, 6.07) is 20.9. The summed E-state index contributed by atoms with van der Waals surface area (Å²) in [6.07, 6.45) is 0. The second-order valence-electron chi connectivity index (χ2n) is 10.6. The normalized spacial score (nSPS) is 16.7. The molecule has 0 aromatic heterocycles. The van der Waals surface area contributed by atoms with Gasteiger partial charge in [-0.2, -0.15) is 49.1 Å². The first-order valence-electron chi connectivity index (χ1n) is 14.4. The zero-order valence-corrected chi connectivity index (χ0v) is 36.0. The van der Waals surface area contributed by atoms with Gasteiger partial charge in [-0.1, -0.05) is 41.4 Å². The second-order valence-corrected chi connectivity index (χ2v) is 12.9. The van der Waals surface area contributed by atoms with Crippen LogP contribution in [0.4, 0.5) is 22.7 Å². The molecule has 2 amide bonds. The van der Waals surface area contributed by atoms with Gasteiger partial charge in [-0.25, -0.2) is 0 Å². The number of aromatic hydroxyl groups is 2. The molecule has 0 saturated carbocycles. The van der Waals surface area contributed by atoms with Crippen LogP contribution in [0.5, 0.6) is 11.5 Å². The Kier molecular flexibility index (Phi) is 17.5. The molecule has 2 atom stereocenters. The van der Waals surface area contributed by atoms with Crippen molar-refractivity contribution in [2.75, 3.05) is 10.0 Å². The Labute approximate surface area is 369 Å². The molecule has 6 rings (SSSR count). The van der Waals surface area contributed by atoms with Gasteiger partial charge < -0.3 is 10.2 Å². The van der Waals surface area contributed by atoms with E-state index in [0.717, 1.165) is 17.1 Å². The van der Waals surface area contributed by atoms with Crippen molar-refractivity contribution < 1.29 is 109 Å². The summed E-state index contributed by atoms with van der Waals surface area (Å²) in [7, 11) is -4.33. The van der Waals surface area contributed by atoms with Crippen LogP contribution in [-0.2, 0) is 37.1 Å². The van der Waals surface area contributed by atoms with Gasteiger partial charge in [0.2, 0.25) is 0 Å². The fourth-order valence-electron chi connectivity index (χ4n) is 4.47. The van der Waals surface area contributed by atoms with Gasteiger partial charge in [0.15, 0.2) is 12.1 Å². The molecule has 262 valence electrons. The van der Waals surface area contributed by atoms with Crippen LogP contribution in [0.15, 0.2) is 127 Å². The average molecular weight is 836 g/mol. The summed E-state index contributed by atoms with van der Waals surface area (Å²) in [5, 5.41) is 46.7. The van der Waals surface area contributed by atoms with Gasteiger partial charge in [-0.15, -0.1) is 0 Å². The number of carbonyl (C=O) groups excluding carboxylic acids is 2. The predicted molar refractivity (Wildman–Crippen MR) is 187 cm³/mol. The molecular formula is C32H26Cl2CrN8Na2O7S+2. The van der Waals surface area contributed by atoms with Crippen LogP contribution >= 0.6 is 23.2 Å². The van der Waals surface area contributed by atoms with Crippen LogP contribution < -0.4 is 69.1 Å². The Bertz CT molecular complexity index is 2200. The molecule has 0 aliphatic carbocycles. The van der Waals surface area contributed by atoms with Gasteiger partial charge in [0.05, 0.1) is 27.7 Å². The van der Waals surface area contributed by atoms with Gasteiger partial charge >= 0.3 is 59.1 Å². The monoisotopic (exact) mass is 834 g/mol. The molecule has 0 spiro atoms. The number of nitrogens with zero attached hydrogens (tertiary/aromatic N) is 8. The molecule has 15 nitrogen and oxygen atoms in total. The predicted octanol–water partition coefficient (Wildman–Crippen LogP) is 1.09. The van der Waals surface area contributed by atoms with Crippen molar-refractivity contribution in [3.05, 3.63) is 101 Å². The molecule has 3 N–H and O–H groups in total. The third-order valence-corrected chi connectivity index (χ3v) is 8.35. The summed E-state index contributed by atoms with van der Waals surface area (Å²) in [6.45, 7) is 3.30. The van der Waals surface area contributed by atoms with Crippen LogP contribution in [0.3, 0.4) is 0 Å². The van der Waals surface area contributed by atoms with Crippen LogP contribution in [0.25, 0.3) is 0 Å². The number of phenols is 2. The van der Waals surface area contributed by atoms with Crippen LogP contribution in [0.2, 0.25) is 10.0 Å². The number of hydrogen-bond acceptors (Lipinski definition) is 12. The number of benzene rings is 4. The van der Waals surface area contributed by atoms with Crippen molar-refractivity contribution in [3.8, 4) is 11.5 Å². The first-order valence-corrected chi connectivity index (χ1v) is 16.6. The van der Waals surface area contributed by atoms with Crippen molar-refractivity contribution in [1.29, 1.82) is 0 Å². The van der Waals surface area contributed by atoms with E-state index in [2.05, 4.69) is 30.7 Å². The minimum atomic E-state index is -4.33. The molecule has 4 aromatic rings. The number of para-hydroxylation sites is 1. The third-order valence-electron chi connectivity index (χ3n) is 7.01. The molecule has 53 heavy (non-hydrogen) atoms. The molecule has 2 aliphatic heterocycles. The maximum absolute atomic E-state index is 12.6. The molecule has 2 heterocycles. The Hall–Kier alpha value is -3.02. The number of rotatable bonds is 7. The Morgan fingerprint density at radius 1 is 0.660 bits per heavy atom. The summed E-state index contributed by atoms with van der Waals surface area (Å²) in [5.41, 5.74) is 2.18. The van der Waals surface area contributed by atoms with Gasteiger partial charge in [-0.3, -0.25) is 14.1 Å². The molecule has 4 aromatic carbocycles. The van der Waals surface area contributed by atoms with E-state index in [1.807, 2.05) is 18.2 Å². The first-order chi connectivity index (χ1) is 23.7. The molecule has 21 heteroatoms. The van der Waals surface area contributed by atoms with Crippen molar-refractivity contribution in [3.63, 3.8) is 0 Å². The van der Waals surface area contributed by atoms with Crippen LogP contribution in [-0.4, -0.2) is 58.5 Å². The second kappa shape index (κ2) is 20.1. The summed E-state index contributed by atoms with van der Waals surface area (Å²) >= 11 is 11.7. The van der Waals surface area contributed by atoms with Crippen LogP contribution in [0, 0.1) is 0 Å². The summed E-state index contributed by atoms with van der Waals surface area (Å²) in [5.74, 6) is -0.990. The van der Waals surface area contributed by atoms with Crippen molar-refractivity contribution in [2.24, 2.45) is 30.7 Å². The first kappa shape index (κ1) is 46.1. The molecular weight excluding hydrogens is 809 g/mol. The van der Waals surface area contributed by atoms with Crippen LogP contribution in [0.1, 0.15) is 13.8 Å². The SMILES string of the molecule is CC1=NN(c2ccc(S(=O)(=O)O)cc2)C(=O)C1N=Nc1cc(Cl)ccc1O.CC1=NN(c2ccccc2)C(=O)C1N=Nc1cc(Cl)ccc1O.[Cr].[Na+].[Na+]. The molecule has 0 radical (unpaired) electrons. The average Bonchev–Trinajstić information content (AvgIpc) is 3.54. The number of amides is 2. The Balaban J connectivity index is 0.000000351. The summed E-state index contributed by atoms with van der Waals surface area (Å²) < 4.78 is 31.2.